The number of halogens is 15. The summed E-state index contributed by atoms with van der Waals surface area (Å²) >= 11 is 0. The number of alkyl halides is 12. The zero-order valence-corrected chi connectivity index (χ0v) is 60.9. The number of Topliss-reactive ketones (excluding diaryl/α,β-unsaturated/α-hetero) is 2. The Morgan fingerprint density at radius 2 is 0.472 bits per heavy atom. The summed E-state index contributed by atoms with van der Waals surface area (Å²) in [7, 11) is -9.26. The molecule has 0 bridgehead atoms. The van der Waals surface area contributed by atoms with Crippen molar-refractivity contribution in [2.45, 2.75) is 31.1 Å². The maximum atomic E-state index is 14.6. The SMILES string of the molecule is O=C(C=C(O)C(F)(F)F)C(F)(F)F.O=C(CC(=O)C(F)(F)F)C(F)(F)F.O=P(c1ccccc1)(c1ccccc1)c1ccccc1-c1ccc(F)cc1.O=P(c1ccccc1)(c1ccccc1)c1ccccc1-c1ccc(F)cc1.O=P(c1ccccc1)(c1ccccc1)c1ccccc1-c1ccc(F)cc1.[Eu]. The summed E-state index contributed by atoms with van der Waals surface area (Å²) < 4.78 is 220. The van der Waals surface area contributed by atoms with Gasteiger partial charge in [0.15, 0.2) is 21.4 Å². The van der Waals surface area contributed by atoms with Crippen LogP contribution in [0.5, 0.6) is 0 Å². The van der Waals surface area contributed by atoms with E-state index >= 15 is 0 Å². The van der Waals surface area contributed by atoms with Crippen molar-refractivity contribution in [3.63, 3.8) is 0 Å². The number of rotatable bonds is 15. The largest absolute Gasteiger partial charge is 0.504 e. The van der Waals surface area contributed by atoms with Crippen molar-refractivity contribution in [1.29, 1.82) is 0 Å². The molecule has 0 aromatic heterocycles. The molecular weight excluding hydrogens is 1630 g/mol. The Hall–Kier alpha value is -9.59. The van der Waals surface area contributed by atoms with Gasteiger partial charge in [-0.15, -0.1) is 0 Å². The number of aliphatic hydroxyl groups excluding tert-OH is 1. The number of carbonyl (C=O) groups excluding carboxylic acids is 3. The number of carbonyl (C=O) groups is 3. The summed E-state index contributed by atoms with van der Waals surface area (Å²) in [4.78, 5) is 29.6. The maximum Gasteiger partial charge on any atom is 0.454 e. The zero-order valence-electron chi connectivity index (χ0n) is 55.7. The Kier molecular flexibility index (Phi) is 30.1. The van der Waals surface area contributed by atoms with Crippen molar-refractivity contribution in [2.75, 3.05) is 0 Å². The molecule has 108 heavy (non-hydrogen) atoms. The first-order valence-corrected chi connectivity index (χ1v) is 36.8. The number of allylic oxidation sites excluding steroid dienone is 2. The summed E-state index contributed by atoms with van der Waals surface area (Å²) in [6.45, 7) is 0. The number of ketones is 3. The van der Waals surface area contributed by atoms with Gasteiger partial charge in [0, 0.05) is 103 Å². The van der Waals surface area contributed by atoms with E-state index in [-0.39, 0.29) is 66.8 Å². The third-order valence-corrected chi connectivity index (χ3v) is 25.1. The van der Waals surface area contributed by atoms with Crippen LogP contribution in [0.2, 0.25) is 0 Å². The number of aliphatic hydroxyl groups is 1. The quantitative estimate of drug-likeness (QED) is 0.0356. The van der Waals surface area contributed by atoms with Crippen molar-refractivity contribution in [3.05, 3.63) is 357 Å². The zero-order chi connectivity index (χ0) is 77.8. The molecule has 555 valence electrons. The standard InChI is InChI=1S/3C24H18FOP.2C5H2F6O2.Eu/c3*25-20-17-15-19(16-18-20)23-13-7-8-14-24(23)27(26,21-9-3-1-4-10-21)22-11-5-2-6-12-22;2*6-4(7,8)2(12)1-3(13)5(9,10)11;/h3*1-18H;1H2;1,12H;. The molecule has 1 radical (unpaired) electrons. The van der Waals surface area contributed by atoms with Gasteiger partial charge in [0.05, 0.1) is 6.42 Å². The number of hydrogen-bond donors (Lipinski definition) is 1. The van der Waals surface area contributed by atoms with Crippen LogP contribution in [0, 0.1) is 66.8 Å². The topological polar surface area (TPSA) is 123 Å². The molecule has 0 spiro atoms. The van der Waals surface area contributed by atoms with Crippen LogP contribution in [0.25, 0.3) is 33.4 Å². The molecule has 0 fully saturated rings. The summed E-state index contributed by atoms with van der Waals surface area (Å²) in [5, 5.41) is 14.9. The average Bonchev–Trinajstić information content (AvgIpc) is 0.764. The van der Waals surface area contributed by atoms with Crippen molar-refractivity contribution in [3.8, 4) is 33.4 Å². The first-order valence-electron chi connectivity index (χ1n) is 31.7. The van der Waals surface area contributed by atoms with Crippen molar-refractivity contribution < 1.29 is 148 Å². The Bertz CT molecular complexity index is 4550. The third kappa shape index (κ3) is 22.1. The summed E-state index contributed by atoms with van der Waals surface area (Å²) in [5.41, 5.74) is 5.10. The van der Waals surface area contributed by atoms with Gasteiger partial charge in [-0.2, -0.15) is 52.7 Å². The van der Waals surface area contributed by atoms with Crippen LogP contribution in [0.3, 0.4) is 0 Å². The number of hydrogen-bond acceptors (Lipinski definition) is 7. The van der Waals surface area contributed by atoms with E-state index in [9.17, 15) is 93.9 Å². The van der Waals surface area contributed by atoms with Crippen LogP contribution in [0.15, 0.2) is 339 Å². The molecule has 0 saturated carbocycles. The minimum Gasteiger partial charge on any atom is -0.504 e. The molecule has 7 nitrogen and oxygen atoms in total. The minimum absolute atomic E-state index is 0. The predicted molar refractivity (Wildman–Crippen MR) is 388 cm³/mol. The maximum absolute atomic E-state index is 14.6. The normalized spacial score (nSPS) is 11.8. The van der Waals surface area contributed by atoms with Gasteiger partial charge in [0.1, 0.15) is 17.5 Å². The van der Waals surface area contributed by atoms with Crippen LogP contribution in [-0.2, 0) is 28.1 Å². The smallest absolute Gasteiger partial charge is 0.454 e. The van der Waals surface area contributed by atoms with Crippen molar-refractivity contribution in [2.24, 2.45) is 0 Å². The third-order valence-electron chi connectivity index (χ3n) is 15.7. The molecule has 1 N–H and O–H groups in total. The molecule has 0 heterocycles. The Morgan fingerprint density at radius 1 is 0.278 bits per heavy atom. The second-order valence-corrected chi connectivity index (χ2v) is 31.0. The fourth-order valence-electron chi connectivity index (χ4n) is 10.6. The first-order chi connectivity index (χ1) is 50.7. The fourth-order valence-corrected chi connectivity index (χ4v) is 19.2. The van der Waals surface area contributed by atoms with Crippen molar-refractivity contribution in [1.82, 2.24) is 0 Å². The van der Waals surface area contributed by atoms with Crippen LogP contribution in [0.1, 0.15) is 6.42 Å². The van der Waals surface area contributed by atoms with E-state index in [4.69, 9.17) is 5.11 Å². The molecule has 0 aliphatic carbocycles. The molecule has 0 aliphatic heterocycles. The summed E-state index contributed by atoms with van der Waals surface area (Å²) in [6.07, 6.45) is -24.7. The van der Waals surface area contributed by atoms with Crippen molar-refractivity contribution >= 4 is 86.5 Å². The van der Waals surface area contributed by atoms with Gasteiger partial charge >= 0.3 is 24.7 Å². The van der Waals surface area contributed by atoms with E-state index in [1.807, 2.05) is 255 Å². The molecule has 12 rings (SSSR count). The molecular formula is C82H58EuF15O7P3. The van der Waals surface area contributed by atoms with Gasteiger partial charge in [-0.3, -0.25) is 14.4 Å². The van der Waals surface area contributed by atoms with Gasteiger partial charge in [0.2, 0.25) is 17.3 Å². The molecule has 12 aromatic carbocycles. The first kappa shape index (κ1) is 85.7. The second-order valence-electron chi connectivity index (χ2n) is 22.8. The predicted octanol–water partition coefficient (Wildman–Crippen LogP) is 19.2. The van der Waals surface area contributed by atoms with Crippen LogP contribution >= 0.6 is 21.4 Å². The Morgan fingerprint density at radius 3 is 0.657 bits per heavy atom. The molecule has 0 aliphatic rings. The van der Waals surface area contributed by atoms with Crippen LogP contribution in [0.4, 0.5) is 65.9 Å². The van der Waals surface area contributed by atoms with Gasteiger partial charge in [-0.05, 0) is 69.8 Å². The summed E-state index contributed by atoms with van der Waals surface area (Å²) in [6, 6.07) is 99.4. The Balaban J connectivity index is 0.000000194. The molecule has 12 aromatic rings. The molecule has 0 amide bonds. The van der Waals surface area contributed by atoms with Gasteiger partial charge in [-0.25, -0.2) is 13.2 Å². The van der Waals surface area contributed by atoms with Gasteiger partial charge < -0.3 is 18.8 Å². The van der Waals surface area contributed by atoms with Crippen LogP contribution in [-0.4, -0.2) is 47.2 Å². The average molecular weight is 1690 g/mol. The molecule has 0 atom stereocenters. The van der Waals surface area contributed by atoms with E-state index in [1.165, 1.54) is 36.4 Å². The fraction of sp³-hybridized carbons (Fsp3) is 0.0610. The van der Waals surface area contributed by atoms with E-state index in [0.29, 0.717) is 0 Å². The summed E-state index contributed by atoms with van der Waals surface area (Å²) in [5.74, 6) is -11.6. The molecule has 26 heteroatoms. The molecule has 0 unspecified atom stereocenters. The van der Waals surface area contributed by atoms with Gasteiger partial charge in [0.25, 0.3) is 5.78 Å². The van der Waals surface area contributed by atoms with E-state index in [0.717, 1.165) is 81.1 Å². The van der Waals surface area contributed by atoms with E-state index in [2.05, 4.69) is 0 Å². The van der Waals surface area contributed by atoms with Gasteiger partial charge in [-0.1, -0.05) is 291 Å². The van der Waals surface area contributed by atoms with E-state index in [1.54, 1.807) is 36.4 Å². The second kappa shape index (κ2) is 38.0. The number of benzene rings is 12. The van der Waals surface area contributed by atoms with E-state index < -0.39 is 81.7 Å². The Labute approximate surface area is 651 Å². The van der Waals surface area contributed by atoms with Crippen LogP contribution < -0.4 is 47.7 Å². The monoisotopic (exact) mass is 1690 g/mol. The minimum atomic E-state index is -5.42. The molecule has 0 saturated heterocycles.